The van der Waals surface area contributed by atoms with Crippen LogP contribution < -0.4 is 4.90 Å². The Kier molecular flexibility index (Phi) is 4.16. The number of hydrogen-bond donors (Lipinski definition) is 1. The van der Waals surface area contributed by atoms with Crippen molar-refractivity contribution in [3.05, 3.63) is 27.9 Å². The van der Waals surface area contributed by atoms with Crippen LogP contribution in [0.4, 0.5) is 11.5 Å². The van der Waals surface area contributed by atoms with Crippen molar-refractivity contribution in [2.75, 3.05) is 11.4 Å². The highest BCUT2D eigenvalue weighted by Gasteiger charge is 2.31. The molecule has 0 aromatic carbocycles. The molecule has 0 amide bonds. The lowest BCUT2D eigenvalue weighted by Crippen LogP contribution is -2.38. The number of carboxylic acids is 1. The van der Waals surface area contributed by atoms with Crippen LogP contribution in [0.2, 0.25) is 0 Å². The van der Waals surface area contributed by atoms with E-state index < -0.39 is 10.9 Å². The number of aromatic nitrogens is 1. The first-order valence-electron chi connectivity index (χ1n) is 6.59. The monoisotopic (exact) mass is 279 g/mol. The van der Waals surface area contributed by atoms with Crippen LogP contribution in [0.1, 0.15) is 31.2 Å². The third-order valence-electron chi connectivity index (χ3n) is 3.63. The van der Waals surface area contributed by atoms with Crippen LogP contribution in [0.25, 0.3) is 0 Å². The molecular formula is C13H17N3O4. The molecule has 0 radical (unpaired) electrons. The minimum atomic E-state index is -1.01. The lowest BCUT2D eigenvalue weighted by molar-refractivity contribution is -0.384. The van der Waals surface area contributed by atoms with Crippen LogP contribution in [-0.4, -0.2) is 33.6 Å². The number of nitrogens with zero attached hydrogens (tertiary/aromatic N) is 3. The number of nitro groups is 1. The van der Waals surface area contributed by atoms with Gasteiger partial charge in [-0.2, -0.15) is 0 Å². The van der Waals surface area contributed by atoms with Crippen molar-refractivity contribution < 1.29 is 14.8 Å². The molecule has 1 saturated carbocycles. The molecule has 1 aliphatic carbocycles. The van der Waals surface area contributed by atoms with Gasteiger partial charge < -0.3 is 10.0 Å². The smallest absolute Gasteiger partial charge is 0.323 e. The highest BCUT2D eigenvalue weighted by Crippen LogP contribution is 2.34. The number of aryl methyl sites for hydroxylation is 1. The second kappa shape index (κ2) is 5.85. The van der Waals surface area contributed by atoms with Gasteiger partial charge in [-0.3, -0.25) is 14.9 Å². The number of pyridine rings is 1. The zero-order chi connectivity index (χ0) is 14.7. The molecule has 0 spiro atoms. The number of carbonyl (C=O) groups is 1. The van der Waals surface area contributed by atoms with Crippen molar-refractivity contribution in [3.63, 3.8) is 0 Å². The summed E-state index contributed by atoms with van der Waals surface area (Å²) in [6, 6.07) is 1.58. The van der Waals surface area contributed by atoms with E-state index in [0.717, 1.165) is 25.7 Å². The summed E-state index contributed by atoms with van der Waals surface area (Å²) >= 11 is 0. The maximum atomic E-state index is 11.2. The number of hydrogen-bond acceptors (Lipinski definition) is 5. The average Bonchev–Trinajstić information content (AvgIpc) is 2.88. The van der Waals surface area contributed by atoms with Gasteiger partial charge in [0.25, 0.3) is 0 Å². The maximum Gasteiger partial charge on any atom is 0.323 e. The van der Waals surface area contributed by atoms with Crippen LogP contribution >= 0.6 is 0 Å². The molecule has 0 atom stereocenters. The van der Waals surface area contributed by atoms with E-state index in [1.807, 2.05) is 0 Å². The summed E-state index contributed by atoms with van der Waals surface area (Å²) in [5.74, 6) is -0.834. The minimum Gasteiger partial charge on any atom is -0.480 e. The first-order valence-corrected chi connectivity index (χ1v) is 6.59. The first-order chi connectivity index (χ1) is 9.50. The van der Waals surface area contributed by atoms with Crippen molar-refractivity contribution in [2.24, 2.45) is 0 Å². The average molecular weight is 279 g/mol. The SMILES string of the molecule is Cc1ccnc(N(CC(=O)O)C2CCCC2)c1[N+](=O)[O-]. The van der Waals surface area contributed by atoms with Crippen LogP contribution in [0, 0.1) is 17.0 Å². The third kappa shape index (κ3) is 2.87. The highest BCUT2D eigenvalue weighted by molar-refractivity contribution is 5.75. The zero-order valence-corrected chi connectivity index (χ0v) is 11.3. The molecular weight excluding hydrogens is 262 g/mol. The van der Waals surface area contributed by atoms with Gasteiger partial charge in [0.05, 0.1) is 4.92 Å². The van der Waals surface area contributed by atoms with Crippen LogP contribution in [0.5, 0.6) is 0 Å². The van der Waals surface area contributed by atoms with E-state index in [2.05, 4.69) is 4.98 Å². The molecule has 0 unspecified atom stereocenters. The summed E-state index contributed by atoms with van der Waals surface area (Å²) in [6.45, 7) is 1.37. The maximum absolute atomic E-state index is 11.2. The van der Waals surface area contributed by atoms with Gasteiger partial charge in [0.1, 0.15) is 6.54 Å². The predicted octanol–water partition coefficient (Wildman–Crippen LogP) is 2.13. The van der Waals surface area contributed by atoms with E-state index >= 15 is 0 Å². The topological polar surface area (TPSA) is 96.6 Å². The Labute approximate surface area is 116 Å². The number of carboxylic acid groups (broad SMARTS) is 1. The standard InChI is InChI=1S/C13H17N3O4/c1-9-6-7-14-13(12(9)16(19)20)15(8-11(17)18)10-4-2-3-5-10/h6-7,10H,2-5,8H2,1H3,(H,17,18). The highest BCUT2D eigenvalue weighted by atomic mass is 16.6. The minimum absolute atomic E-state index is 0.0131. The van der Waals surface area contributed by atoms with Crippen LogP contribution in [0.15, 0.2) is 12.3 Å². The van der Waals surface area contributed by atoms with Crippen LogP contribution in [0.3, 0.4) is 0 Å². The molecule has 2 rings (SSSR count). The Morgan fingerprint density at radius 3 is 2.75 bits per heavy atom. The summed E-state index contributed by atoms with van der Waals surface area (Å²) in [5, 5.41) is 20.3. The Morgan fingerprint density at radius 2 is 2.20 bits per heavy atom. The fraction of sp³-hybridized carbons (Fsp3) is 0.538. The molecule has 1 heterocycles. The summed E-state index contributed by atoms with van der Waals surface area (Å²) in [7, 11) is 0. The molecule has 1 N–H and O–H groups in total. The summed E-state index contributed by atoms with van der Waals surface area (Å²) in [4.78, 5) is 27.5. The third-order valence-corrected chi connectivity index (χ3v) is 3.63. The van der Waals surface area contributed by atoms with E-state index in [0.29, 0.717) is 5.56 Å². The van der Waals surface area contributed by atoms with Gasteiger partial charge in [-0.05, 0) is 25.8 Å². The summed E-state index contributed by atoms with van der Waals surface area (Å²) in [6.07, 6.45) is 5.21. The molecule has 20 heavy (non-hydrogen) atoms. The molecule has 108 valence electrons. The molecule has 0 saturated heterocycles. The van der Waals surface area contributed by atoms with Gasteiger partial charge in [-0.25, -0.2) is 4.98 Å². The lowest BCUT2D eigenvalue weighted by Gasteiger charge is -2.28. The fourth-order valence-electron chi connectivity index (χ4n) is 2.71. The van der Waals surface area contributed by atoms with Crippen molar-refractivity contribution in [1.29, 1.82) is 0 Å². The quantitative estimate of drug-likeness (QED) is 0.655. The number of anilines is 1. The van der Waals surface area contributed by atoms with Gasteiger partial charge in [0.15, 0.2) is 0 Å². The lowest BCUT2D eigenvalue weighted by atomic mass is 10.1. The molecule has 7 nitrogen and oxygen atoms in total. The number of rotatable bonds is 5. The van der Waals surface area contributed by atoms with Crippen LogP contribution in [-0.2, 0) is 4.79 Å². The van der Waals surface area contributed by atoms with E-state index in [1.165, 1.54) is 6.20 Å². The molecule has 0 aliphatic heterocycles. The Bertz CT molecular complexity index is 526. The Morgan fingerprint density at radius 1 is 1.55 bits per heavy atom. The summed E-state index contributed by atoms with van der Waals surface area (Å²) in [5.41, 5.74) is 0.397. The van der Waals surface area contributed by atoms with Gasteiger partial charge in [0, 0.05) is 17.8 Å². The van der Waals surface area contributed by atoms with E-state index in [9.17, 15) is 14.9 Å². The Hall–Kier alpha value is -2.18. The molecule has 1 aromatic heterocycles. The fourth-order valence-corrected chi connectivity index (χ4v) is 2.71. The Balaban J connectivity index is 2.44. The van der Waals surface area contributed by atoms with E-state index in [-0.39, 0.29) is 24.1 Å². The van der Waals surface area contributed by atoms with E-state index in [1.54, 1.807) is 17.9 Å². The summed E-state index contributed by atoms with van der Waals surface area (Å²) < 4.78 is 0. The second-order valence-corrected chi connectivity index (χ2v) is 5.02. The van der Waals surface area contributed by atoms with Gasteiger partial charge in [-0.15, -0.1) is 0 Å². The van der Waals surface area contributed by atoms with Crippen molar-refractivity contribution in [2.45, 2.75) is 38.6 Å². The molecule has 1 aromatic rings. The largest absolute Gasteiger partial charge is 0.480 e. The first kappa shape index (κ1) is 14.2. The zero-order valence-electron chi connectivity index (χ0n) is 11.3. The molecule has 0 bridgehead atoms. The van der Waals surface area contributed by atoms with E-state index in [4.69, 9.17) is 5.11 Å². The van der Waals surface area contributed by atoms with Gasteiger partial charge in [-0.1, -0.05) is 12.8 Å². The predicted molar refractivity (Wildman–Crippen MR) is 72.9 cm³/mol. The van der Waals surface area contributed by atoms with Gasteiger partial charge in [0.2, 0.25) is 5.82 Å². The molecule has 1 fully saturated rings. The molecule has 7 heteroatoms. The molecule has 1 aliphatic rings. The van der Waals surface area contributed by atoms with Gasteiger partial charge >= 0.3 is 11.7 Å². The van der Waals surface area contributed by atoms with Crippen molar-refractivity contribution in [3.8, 4) is 0 Å². The van der Waals surface area contributed by atoms with Crippen molar-refractivity contribution in [1.82, 2.24) is 4.98 Å². The normalized spacial score (nSPS) is 15.2. The van der Waals surface area contributed by atoms with Crippen molar-refractivity contribution >= 4 is 17.5 Å². The number of aliphatic carboxylic acids is 1. The second-order valence-electron chi connectivity index (χ2n) is 5.02.